The summed E-state index contributed by atoms with van der Waals surface area (Å²) < 4.78 is 0. The SMILES string of the molecule is CN(CC(=O)Nc1ccc(Cl)cc1Cl)C1CCCCCC1. The Morgan fingerprint density at radius 3 is 2.52 bits per heavy atom. The molecule has 1 aliphatic carbocycles. The molecule has 1 N–H and O–H groups in total. The molecule has 1 aromatic rings. The zero-order chi connectivity index (χ0) is 15.2. The Labute approximate surface area is 136 Å². The third kappa shape index (κ3) is 5.17. The van der Waals surface area contributed by atoms with Crippen molar-refractivity contribution in [2.24, 2.45) is 0 Å². The Bertz CT molecular complexity index is 485. The highest BCUT2D eigenvalue weighted by atomic mass is 35.5. The van der Waals surface area contributed by atoms with Crippen molar-refractivity contribution in [3.8, 4) is 0 Å². The van der Waals surface area contributed by atoms with Gasteiger partial charge in [-0.25, -0.2) is 0 Å². The van der Waals surface area contributed by atoms with Crippen LogP contribution < -0.4 is 5.32 Å². The largest absolute Gasteiger partial charge is 0.324 e. The minimum atomic E-state index is -0.0361. The lowest BCUT2D eigenvalue weighted by atomic mass is 10.1. The Kier molecular flexibility index (Phi) is 6.34. The van der Waals surface area contributed by atoms with Crippen molar-refractivity contribution < 1.29 is 4.79 Å². The van der Waals surface area contributed by atoms with Crippen LogP contribution in [0.4, 0.5) is 5.69 Å². The Morgan fingerprint density at radius 2 is 1.90 bits per heavy atom. The summed E-state index contributed by atoms with van der Waals surface area (Å²) in [5.74, 6) is -0.0361. The second-order valence-electron chi connectivity index (χ2n) is 5.73. The van der Waals surface area contributed by atoms with Crippen LogP contribution in [-0.2, 0) is 4.79 Å². The van der Waals surface area contributed by atoms with E-state index in [4.69, 9.17) is 23.2 Å². The molecule has 0 unspecified atom stereocenters. The van der Waals surface area contributed by atoms with E-state index in [-0.39, 0.29) is 5.91 Å². The first-order valence-corrected chi connectivity index (χ1v) is 8.27. The second-order valence-corrected chi connectivity index (χ2v) is 6.58. The van der Waals surface area contributed by atoms with Crippen LogP contribution in [0.5, 0.6) is 0 Å². The average Bonchev–Trinajstić information content (AvgIpc) is 2.71. The van der Waals surface area contributed by atoms with Crippen molar-refractivity contribution in [1.29, 1.82) is 0 Å². The van der Waals surface area contributed by atoms with Crippen molar-refractivity contribution in [3.63, 3.8) is 0 Å². The highest BCUT2D eigenvalue weighted by Crippen LogP contribution is 2.25. The van der Waals surface area contributed by atoms with Gasteiger partial charge in [0.15, 0.2) is 0 Å². The highest BCUT2D eigenvalue weighted by molar-refractivity contribution is 6.36. The molecule has 1 aliphatic rings. The van der Waals surface area contributed by atoms with Gasteiger partial charge in [0.25, 0.3) is 0 Å². The van der Waals surface area contributed by atoms with Crippen LogP contribution in [0.15, 0.2) is 18.2 Å². The summed E-state index contributed by atoms with van der Waals surface area (Å²) in [6.07, 6.45) is 7.53. The highest BCUT2D eigenvalue weighted by Gasteiger charge is 2.19. The smallest absolute Gasteiger partial charge is 0.238 e. The molecule has 0 heterocycles. The summed E-state index contributed by atoms with van der Waals surface area (Å²) >= 11 is 11.9. The molecule has 0 aliphatic heterocycles. The van der Waals surface area contributed by atoms with Gasteiger partial charge in [0.2, 0.25) is 5.91 Å². The van der Waals surface area contributed by atoms with Gasteiger partial charge in [0, 0.05) is 11.1 Å². The molecule has 0 spiro atoms. The zero-order valence-electron chi connectivity index (χ0n) is 12.4. The molecular weight excluding hydrogens is 307 g/mol. The van der Waals surface area contributed by atoms with Crippen LogP contribution in [0, 0.1) is 0 Å². The van der Waals surface area contributed by atoms with Gasteiger partial charge < -0.3 is 5.32 Å². The van der Waals surface area contributed by atoms with Crippen molar-refractivity contribution in [1.82, 2.24) is 4.90 Å². The second kappa shape index (κ2) is 8.02. The molecule has 1 fully saturated rings. The fourth-order valence-electron chi connectivity index (χ4n) is 2.83. The van der Waals surface area contributed by atoms with Gasteiger partial charge in [-0.15, -0.1) is 0 Å². The molecular formula is C16H22Cl2N2O. The van der Waals surface area contributed by atoms with E-state index < -0.39 is 0 Å². The summed E-state index contributed by atoms with van der Waals surface area (Å²) in [5, 5.41) is 3.88. The molecule has 3 nitrogen and oxygen atoms in total. The molecule has 0 bridgehead atoms. The Morgan fingerprint density at radius 1 is 1.24 bits per heavy atom. The van der Waals surface area contributed by atoms with E-state index in [0.29, 0.717) is 28.3 Å². The van der Waals surface area contributed by atoms with Crippen LogP contribution >= 0.6 is 23.2 Å². The van der Waals surface area contributed by atoms with Crippen molar-refractivity contribution in [2.75, 3.05) is 18.9 Å². The summed E-state index contributed by atoms with van der Waals surface area (Å²) in [7, 11) is 2.03. The minimum Gasteiger partial charge on any atom is -0.324 e. The monoisotopic (exact) mass is 328 g/mol. The van der Waals surface area contributed by atoms with E-state index in [1.54, 1.807) is 18.2 Å². The normalized spacial score (nSPS) is 16.8. The Hall–Kier alpha value is -0.770. The van der Waals surface area contributed by atoms with E-state index in [2.05, 4.69) is 10.2 Å². The molecule has 5 heteroatoms. The zero-order valence-corrected chi connectivity index (χ0v) is 13.9. The van der Waals surface area contributed by atoms with Gasteiger partial charge >= 0.3 is 0 Å². The molecule has 0 radical (unpaired) electrons. The van der Waals surface area contributed by atoms with Crippen molar-refractivity contribution in [2.45, 2.75) is 44.6 Å². The Balaban J connectivity index is 1.88. The first-order chi connectivity index (χ1) is 10.1. The average molecular weight is 329 g/mol. The number of halogens is 2. The van der Waals surface area contributed by atoms with E-state index in [0.717, 1.165) is 0 Å². The molecule has 0 aromatic heterocycles. The third-order valence-corrected chi connectivity index (χ3v) is 4.59. The molecule has 2 rings (SSSR count). The van der Waals surface area contributed by atoms with Gasteiger partial charge in [0.05, 0.1) is 17.3 Å². The third-order valence-electron chi connectivity index (χ3n) is 4.05. The maximum absolute atomic E-state index is 12.1. The fraction of sp³-hybridized carbons (Fsp3) is 0.562. The molecule has 1 aromatic carbocycles. The predicted molar refractivity (Wildman–Crippen MR) is 89.2 cm³/mol. The number of carbonyl (C=O) groups excluding carboxylic acids is 1. The minimum absolute atomic E-state index is 0.0361. The number of benzene rings is 1. The lowest BCUT2D eigenvalue weighted by Gasteiger charge is -2.26. The van der Waals surface area contributed by atoms with Gasteiger partial charge in [-0.1, -0.05) is 48.9 Å². The number of nitrogens with one attached hydrogen (secondary N) is 1. The maximum atomic E-state index is 12.1. The van der Waals surface area contributed by atoms with Gasteiger partial charge in [-0.2, -0.15) is 0 Å². The van der Waals surface area contributed by atoms with Gasteiger partial charge in [-0.05, 0) is 38.1 Å². The van der Waals surface area contributed by atoms with Crippen LogP contribution in [0.25, 0.3) is 0 Å². The molecule has 0 saturated heterocycles. The first-order valence-electron chi connectivity index (χ1n) is 7.51. The summed E-state index contributed by atoms with van der Waals surface area (Å²) in [6, 6.07) is 5.60. The quantitative estimate of drug-likeness (QED) is 0.820. The topological polar surface area (TPSA) is 32.3 Å². The fourth-order valence-corrected chi connectivity index (χ4v) is 3.29. The van der Waals surface area contributed by atoms with E-state index >= 15 is 0 Å². The van der Waals surface area contributed by atoms with Gasteiger partial charge in [0.1, 0.15) is 0 Å². The number of amides is 1. The number of likely N-dealkylation sites (N-methyl/N-ethyl adjacent to an activating group) is 1. The molecule has 0 atom stereocenters. The van der Waals surface area contributed by atoms with Crippen LogP contribution in [0.3, 0.4) is 0 Å². The number of rotatable bonds is 4. The summed E-state index contributed by atoms with van der Waals surface area (Å²) in [5.41, 5.74) is 0.611. The number of hydrogen-bond donors (Lipinski definition) is 1. The van der Waals surface area contributed by atoms with E-state index in [1.165, 1.54) is 38.5 Å². The summed E-state index contributed by atoms with van der Waals surface area (Å²) in [4.78, 5) is 14.3. The van der Waals surface area contributed by atoms with Crippen LogP contribution in [0.1, 0.15) is 38.5 Å². The maximum Gasteiger partial charge on any atom is 0.238 e. The molecule has 116 valence electrons. The van der Waals surface area contributed by atoms with Crippen molar-refractivity contribution in [3.05, 3.63) is 28.2 Å². The molecule has 1 saturated carbocycles. The first kappa shape index (κ1) is 16.6. The number of carbonyl (C=O) groups is 1. The number of nitrogens with zero attached hydrogens (tertiary/aromatic N) is 1. The lowest BCUT2D eigenvalue weighted by Crippen LogP contribution is -2.37. The number of hydrogen-bond acceptors (Lipinski definition) is 2. The van der Waals surface area contributed by atoms with Crippen LogP contribution in [-0.4, -0.2) is 30.4 Å². The number of anilines is 1. The predicted octanol–water partition coefficient (Wildman–Crippen LogP) is 4.59. The standard InChI is InChI=1S/C16H22Cl2N2O/c1-20(13-6-4-2-3-5-7-13)11-16(21)19-15-9-8-12(17)10-14(15)18/h8-10,13H,2-7,11H2,1H3,(H,19,21). The lowest BCUT2D eigenvalue weighted by molar-refractivity contribution is -0.117. The van der Waals surface area contributed by atoms with E-state index in [9.17, 15) is 4.79 Å². The van der Waals surface area contributed by atoms with Crippen LogP contribution in [0.2, 0.25) is 10.0 Å². The van der Waals surface area contributed by atoms with Gasteiger partial charge in [-0.3, -0.25) is 9.69 Å². The molecule has 21 heavy (non-hydrogen) atoms. The molecule has 1 amide bonds. The van der Waals surface area contributed by atoms with Crippen molar-refractivity contribution >= 4 is 34.8 Å². The van der Waals surface area contributed by atoms with E-state index in [1.807, 2.05) is 7.05 Å². The summed E-state index contributed by atoms with van der Waals surface area (Å²) in [6.45, 7) is 0.392.